The number of carbonyl (C=O) groups excluding carboxylic acids is 1. The third-order valence-electron chi connectivity index (χ3n) is 4.43. The van der Waals surface area contributed by atoms with Crippen molar-refractivity contribution in [2.24, 2.45) is 0 Å². The molecule has 7 heteroatoms. The molecule has 2 aromatic rings. The predicted molar refractivity (Wildman–Crippen MR) is 84.5 cm³/mol. The van der Waals surface area contributed by atoms with Gasteiger partial charge in [0.2, 0.25) is 0 Å². The molecule has 2 fully saturated rings. The number of rotatable bonds is 3. The van der Waals surface area contributed by atoms with E-state index < -0.39 is 0 Å². The molecule has 0 unspecified atom stereocenters. The van der Waals surface area contributed by atoms with Gasteiger partial charge in [0.25, 0.3) is 5.91 Å². The van der Waals surface area contributed by atoms with Crippen molar-refractivity contribution in [1.29, 1.82) is 0 Å². The highest BCUT2D eigenvalue weighted by molar-refractivity contribution is 5.92. The highest BCUT2D eigenvalue weighted by Gasteiger charge is 2.50. The third-order valence-corrected chi connectivity index (χ3v) is 4.43. The van der Waals surface area contributed by atoms with Crippen molar-refractivity contribution < 1.29 is 14.3 Å². The lowest BCUT2D eigenvalue weighted by Crippen LogP contribution is -2.67. The maximum absolute atomic E-state index is 12.4. The number of likely N-dealkylation sites (tertiary alicyclic amines) is 1. The maximum atomic E-state index is 12.4. The summed E-state index contributed by atoms with van der Waals surface area (Å²) in [6.07, 6.45) is 8.10. The molecule has 0 aromatic carbocycles. The van der Waals surface area contributed by atoms with E-state index in [1.165, 1.54) is 6.33 Å². The van der Waals surface area contributed by atoms with Crippen molar-refractivity contribution in [1.82, 2.24) is 19.9 Å². The Bertz CT molecular complexity index is 704. The van der Waals surface area contributed by atoms with Gasteiger partial charge in [-0.3, -0.25) is 9.78 Å². The van der Waals surface area contributed by atoms with Gasteiger partial charge in [0.15, 0.2) is 0 Å². The van der Waals surface area contributed by atoms with Crippen LogP contribution in [0.1, 0.15) is 23.3 Å². The van der Waals surface area contributed by atoms with Crippen LogP contribution in [-0.2, 0) is 4.74 Å². The number of carbonyl (C=O) groups is 1. The fourth-order valence-corrected chi connectivity index (χ4v) is 3.29. The normalized spacial score (nSPS) is 22.0. The van der Waals surface area contributed by atoms with Crippen LogP contribution in [0.15, 0.2) is 43.1 Å². The second-order valence-electron chi connectivity index (χ2n) is 6.21. The molecule has 4 rings (SSSR count). The van der Waals surface area contributed by atoms with Crippen molar-refractivity contribution in [3.63, 3.8) is 0 Å². The maximum Gasteiger partial charge on any atom is 0.272 e. The molecule has 0 aliphatic carbocycles. The van der Waals surface area contributed by atoms with Gasteiger partial charge in [-0.05, 0) is 18.2 Å². The molecule has 124 valence electrons. The second-order valence-corrected chi connectivity index (χ2v) is 6.21. The molecule has 0 bridgehead atoms. The Morgan fingerprint density at radius 2 is 2.21 bits per heavy atom. The molecule has 1 atom stereocenters. The summed E-state index contributed by atoms with van der Waals surface area (Å²) in [6.45, 7) is 1.78. The Labute approximate surface area is 139 Å². The van der Waals surface area contributed by atoms with Crippen molar-refractivity contribution in [2.45, 2.75) is 24.5 Å². The zero-order valence-electron chi connectivity index (χ0n) is 13.2. The van der Waals surface area contributed by atoms with Crippen LogP contribution in [0.25, 0.3) is 0 Å². The lowest BCUT2D eigenvalue weighted by molar-refractivity contribution is -0.173. The molecular formula is C17H18N4O3. The van der Waals surface area contributed by atoms with E-state index in [1.807, 2.05) is 12.1 Å². The summed E-state index contributed by atoms with van der Waals surface area (Å²) in [4.78, 5) is 26.0. The van der Waals surface area contributed by atoms with Crippen molar-refractivity contribution >= 4 is 5.91 Å². The number of pyridine rings is 1. The smallest absolute Gasteiger partial charge is 0.272 e. The number of hydrogen-bond donors (Lipinski definition) is 0. The average molecular weight is 326 g/mol. The fraction of sp³-hybridized carbons (Fsp3) is 0.412. The molecule has 0 radical (unpaired) electrons. The molecule has 0 N–H and O–H groups in total. The first kappa shape index (κ1) is 15.0. The molecular weight excluding hydrogens is 308 g/mol. The standard InChI is InChI=1S/C17H18N4O3/c22-16(15-3-6-19-12-20-15)21-10-17(11-21)8-13(4-7-23-17)24-14-2-1-5-18-9-14/h1-3,5-6,9,12-13H,4,7-8,10-11H2/t13-/m1/s1. The summed E-state index contributed by atoms with van der Waals surface area (Å²) >= 11 is 0. The van der Waals surface area contributed by atoms with Crippen LogP contribution in [-0.4, -0.2) is 57.2 Å². The van der Waals surface area contributed by atoms with Gasteiger partial charge in [0.1, 0.15) is 29.5 Å². The fourth-order valence-electron chi connectivity index (χ4n) is 3.29. The van der Waals surface area contributed by atoms with Crippen LogP contribution in [0.2, 0.25) is 0 Å². The summed E-state index contributed by atoms with van der Waals surface area (Å²) in [6, 6.07) is 5.39. The first-order chi connectivity index (χ1) is 11.7. The van der Waals surface area contributed by atoms with E-state index in [4.69, 9.17) is 9.47 Å². The van der Waals surface area contributed by atoms with Gasteiger partial charge in [-0.15, -0.1) is 0 Å². The zero-order valence-corrected chi connectivity index (χ0v) is 13.2. The van der Waals surface area contributed by atoms with E-state index in [2.05, 4.69) is 15.0 Å². The molecule has 4 heterocycles. The molecule has 7 nitrogen and oxygen atoms in total. The largest absolute Gasteiger partial charge is 0.489 e. The number of nitrogens with zero attached hydrogens (tertiary/aromatic N) is 4. The van der Waals surface area contributed by atoms with E-state index >= 15 is 0 Å². The number of aromatic nitrogens is 3. The molecule has 2 aliphatic rings. The molecule has 2 aliphatic heterocycles. The summed E-state index contributed by atoms with van der Waals surface area (Å²) in [5, 5.41) is 0. The molecule has 24 heavy (non-hydrogen) atoms. The Hall–Kier alpha value is -2.54. The van der Waals surface area contributed by atoms with Crippen molar-refractivity contribution in [2.75, 3.05) is 19.7 Å². The highest BCUT2D eigenvalue weighted by Crippen LogP contribution is 2.36. The van der Waals surface area contributed by atoms with Crippen LogP contribution >= 0.6 is 0 Å². The Balaban J connectivity index is 1.36. The Morgan fingerprint density at radius 1 is 1.29 bits per heavy atom. The second kappa shape index (κ2) is 6.16. The molecule has 2 saturated heterocycles. The van der Waals surface area contributed by atoms with E-state index in [0.717, 1.165) is 18.6 Å². The third kappa shape index (κ3) is 2.94. The van der Waals surface area contributed by atoms with Gasteiger partial charge >= 0.3 is 0 Å². The van der Waals surface area contributed by atoms with E-state index in [-0.39, 0.29) is 17.6 Å². The van der Waals surface area contributed by atoms with Gasteiger partial charge in [0.05, 0.1) is 25.9 Å². The predicted octanol–water partition coefficient (Wildman–Crippen LogP) is 1.32. The van der Waals surface area contributed by atoms with Crippen LogP contribution in [0.4, 0.5) is 0 Å². The van der Waals surface area contributed by atoms with Gasteiger partial charge in [-0.2, -0.15) is 0 Å². The number of amides is 1. The first-order valence-corrected chi connectivity index (χ1v) is 8.00. The molecule has 2 aromatic heterocycles. The average Bonchev–Trinajstić information content (AvgIpc) is 2.61. The molecule has 1 spiro atoms. The van der Waals surface area contributed by atoms with Crippen LogP contribution in [0, 0.1) is 0 Å². The van der Waals surface area contributed by atoms with Gasteiger partial charge in [0, 0.05) is 25.2 Å². The van der Waals surface area contributed by atoms with Crippen molar-refractivity contribution in [3.8, 4) is 5.75 Å². The lowest BCUT2D eigenvalue weighted by atomic mass is 9.84. The van der Waals surface area contributed by atoms with Gasteiger partial charge in [-0.1, -0.05) is 0 Å². The zero-order chi connectivity index (χ0) is 16.4. The first-order valence-electron chi connectivity index (χ1n) is 8.00. The van der Waals surface area contributed by atoms with E-state index in [1.54, 1.807) is 29.6 Å². The quantitative estimate of drug-likeness (QED) is 0.847. The minimum Gasteiger partial charge on any atom is -0.489 e. The van der Waals surface area contributed by atoms with Gasteiger partial charge < -0.3 is 14.4 Å². The van der Waals surface area contributed by atoms with E-state index in [0.29, 0.717) is 25.4 Å². The minimum absolute atomic E-state index is 0.0815. The number of hydrogen-bond acceptors (Lipinski definition) is 6. The SMILES string of the molecule is O=C(c1ccncn1)N1CC2(C[C@H](Oc3cccnc3)CCO2)C1. The monoisotopic (exact) mass is 326 g/mol. The number of ether oxygens (including phenoxy) is 2. The van der Waals surface area contributed by atoms with Crippen LogP contribution < -0.4 is 4.74 Å². The molecule has 0 saturated carbocycles. The van der Waals surface area contributed by atoms with E-state index in [9.17, 15) is 4.79 Å². The summed E-state index contributed by atoms with van der Waals surface area (Å²) in [5.74, 6) is 0.690. The van der Waals surface area contributed by atoms with Gasteiger partial charge in [-0.25, -0.2) is 9.97 Å². The minimum atomic E-state index is -0.298. The van der Waals surface area contributed by atoms with Crippen LogP contribution in [0.3, 0.4) is 0 Å². The summed E-state index contributed by atoms with van der Waals surface area (Å²) < 4.78 is 12.0. The summed E-state index contributed by atoms with van der Waals surface area (Å²) in [5.41, 5.74) is 0.118. The Morgan fingerprint density at radius 3 is 2.96 bits per heavy atom. The Kier molecular flexibility index (Phi) is 3.86. The van der Waals surface area contributed by atoms with Crippen molar-refractivity contribution in [3.05, 3.63) is 48.8 Å². The summed E-state index contributed by atoms with van der Waals surface area (Å²) in [7, 11) is 0. The molecule has 1 amide bonds. The highest BCUT2D eigenvalue weighted by atomic mass is 16.5. The lowest BCUT2D eigenvalue weighted by Gasteiger charge is -2.52. The topological polar surface area (TPSA) is 77.4 Å². The van der Waals surface area contributed by atoms with Crippen LogP contribution in [0.5, 0.6) is 5.75 Å².